The number of benzene rings is 1. The number of carbonyl (C=O) groups is 1. The van der Waals surface area contributed by atoms with E-state index in [4.69, 9.17) is 11.6 Å². The lowest BCUT2D eigenvalue weighted by atomic mass is 9.82. The van der Waals surface area contributed by atoms with Gasteiger partial charge in [-0.05, 0) is 43.2 Å². The third kappa shape index (κ3) is 3.50. The maximum absolute atomic E-state index is 12.5. The molecule has 0 saturated heterocycles. The number of fused-ring (bicyclic) bond motifs is 1. The lowest BCUT2D eigenvalue weighted by molar-refractivity contribution is -0.123. The van der Waals surface area contributed by atoms with Crippen LogP contribution in [0.4, 0.5) is 0 Å². The second-order valence-corrected chi connectivity index (χ2v) is 5.61. The molecule has 1 N–H and O–H groups in total. The summed E-state index contributed by atoms with van der Waals surface area (Å²) in [6.07, 6.45) is 4.94. The van der Waals surface area contributed by atoms with E-state index in [-0.39, 0.29) is 17.9 Å². The Morgan fingerprint density at radius 2 is 2.26 bits per heavy atom. The maximum atomic E-state index is 12.5. The summed E-state index contributed by atoms with van der Waals surface area (Å²) in [7, 11) is 0. The van der Waals surface area contributed by atoms with Gasteiger partial charge < -0.3 is 5.32 Å². The van der Waals surface area contributed by atoms with E-state index in [2.05, 4.69) is 30.4 Å². The van der Waals surface area contributed by atoms with Crippen molar-refractivity contribution < 1.29 is 4.79 Å². The van der Waals surface area contributed by atoms with Crippen molar-refractivity contribution in [1.29, 1.82) is 0 Å². The average molecular weight is 280 g/mol. The number of nitrogens with one attached hydrogen (secondary N) is 1. The van der Waals surface area contributed by atoms with Gasteiger partial charge in [0.1, 0.15) is 0 Å². The lowest BCUT2D eigenvalue weighted by Gasteiger charge is -2.26. The molecule has 1 aromatic carbocycles. The molecule has 1 amide bonds. The van der Waals surface area contributed by atoms with Crippen molar-refractivity contribution in [2.24, 2.45) is 0 Å². The van der Waals surface area contributed by atoms with Crippen LogP contribution >= 0.6 is 11.6 Å². The van der Waals surface area contributed by atoms with Crippen molar-refractivity contribution in [3.8, 4) is 0 Å². The van der Waals surface area contributed by atoms with Crippen LogP contribution in [0.25, 0.3) is 0 Å². The topological polar surface area (TPSA) is 29.1 Å². The monoisotopic (exact) mass is 279 g/mol. The molecule has 19 heavy (non-hydrogen) atoms. The molecule has 0 spiro atoms. The van der Waals surface area contributed by atoms with Gasteiger partial charge in [0.25, 0.3) is 0 Å². The summed E-state index contributed by atoms with van der Waals surface area (Å²) in [5, 5.41) is 3.15. The molecular weight excluding hydrogens is 258 g/mol. The molecule has 1 aromatic rings. The first kappa shape index (κ1) is 14.4. The van der Waals surface area contributed by atoms with E-state index in [9.17, 15) is 4.79 Å². The highest BCUT2D eigenvalue weighted by Crippen LogP contribution is 2.31. The number of carbonyl (C=O) groups excluding carboxylic acids is 1. The minimum absolute atomic E-state index is 0.0225. The van der Waals surface area contributed by atoms with E-state index in [1.165, 1.54) is 11.1 Å². The van der Waals surface area contributed by atoms with E-state index >= 15 is 0 Å². The van der Waals surface area contributed by atoms with Crippen LogP contribution < -0.4 is 5.32 Å². The molecule has 104 valence electrons. The molecule has 0 radical (unpaired) electrons. The Balaban J connectivity index is 2.08. The first-order valence-corrected chi connectivity index (χ1v) is 7.73. The zero-order valence-electron chi connectivity index (χ0n) is 11.5. The molecule has 0 fully saturated rings. The summed E-state index contributed by atoms with van der Waals surface area (Å²) in [5.41, 5.74) is 2.55. The van der Waals surface area contributed by atoms with E-state index < -0.39 is 0 Å². The van der Waals surface area contributed by atoms with Gasteiger partial charge in [-0.15, -0.1) is 11.6 Å². The predicted molar refractivity (Wildman–Crippen MR) is 79.7 cm³/mol. The minimum atomic E-state index is 0.0225. The van der Waals surface area contributed by atoms with E-state index in [1.807, 2.05) is 6.07 Å². The molecule has 2 unspecified atom stereocenters. The zero-order chi connectivity index (χ0) is 13.7. The Bertz CT molecular complexity index is 433. The molecule has 2 rings (SSSR count). The molecular formula is C16H22ClNO. The quantitative estimate of drug-likeness (QED) is 0.820. The van der Waals surface area contributed by atoms with Crippen molar-refractivity contribution in [3.63, 3.8) is 0 Å². The molecule has 2 nitrogen and oxygen atoms in total. The minimum Gasteiger partial charge on any atom is -0.353 e. The summed E-state index contributed by atoms with van der Waals surface area (Å²) in [6.45, 7) is 2.09. The molecule has 0 saturated carbocycles. The number of halogens is 1. The Morgan fingerprint density at radius 1 is 1.47 bits per heavy atom. The molecule has 3 heteroatoms. The molecule has 0 aliphatic heterocycles. The Morgan fingerprint density at radius 3 is 3.00 bits per heavy atom. The SMILES string of the molecule is CCC(CCCl)NC(=O)C1CCCc2ccccc21. The van der Waals surface area contributed by atoms with Gasteiger partial charge in [0, 0.05) is 11.9 Å². The van der Waals surface area contributed by atoms with Crippen LogP contribution in [0.15, 0.2) is 24.3 Å². The highest BCUT2D eigenvalue weighted by molar-refractivity contribution is 6.17. The summed E-state index contributed by atoms with van der Waals surface area (Å²) in [5.74, 6) is 0.790. The van der Waals surface area contributed by atoms with Crippen molar-refractivity contribution >= 4 is 17.5 Å². The van der Waals surface area contributed by atoms with Gasteiger partial charge in [0.2, 0.25) is 5.91 Å². The highest BCUT2D eigenvalue weighted by atomic mass is 35.5. The summed E-state index contributed by atoms with van der Waals surface area (Å²) >= 11 is 5.77. The fraction of sp³-hybridized carbons (Fsp3) is 0.562. The average Bonchev–Trinajstić information content (AvgIpc) is 2.46. The van der Waals surface area contributed by atoms with Crippen LogP contribution in [-0.2, 0) is 11.2 Å². The molecule has 0 heterocycles. The Labute approximate surface area is 120 Å². The van der Waals surface area contributed by atoms with Crippen LogP contribution in [0.5, 0.6) is 0 Å². The standard InChI is InChI=1S/C16H22ClNO/c1-2-13(10-11-17)18-16(19)15-9-5-7-12-6-3-4-8-14(12)15/h3-4,6,8,13,15H,2,5,7,9-11H2,1H3,(H,18,19). The van der Waals surface area contributed by atoms with Crippen LogP contribution in [0, 0.1) is 0 Å². The third-order valence-corrected chi connectivity index (χ3v) is 4.20. The molecule has 0 aromatic heterocycles. The van der Waals surface area contributed by atoms with E-state index in [1.54, 1.807) is 0 Å². The number of hydrogen-bond donors (Lipinski definition) is 1. The van der Waals surface area contributed by atoms with Crippen LogP contribution in [0.1, 0.15) is 49.7 Å². The Hall–Kier alpha value is -1.02. The second-order valence-electron chi connectivity index (χ2n) is 5.24. The van der Waals surface area contributed by atoms with Gasteiger partial charge in [-0.1, -0.05) is 31.2 Å². The van der Waals surface area contributed by atoms with Crippen LogP contribution in [0.3, 0.4) is 0 Å². The van der Waals surface area contributed by atoms with Crippen molar-refractivity contribution in [1.82, 2.24) is 5.32 Å². The first-order chi connectivity index (χ1) is 9.26. The summed E-state index contributed by atoms with van der Waals surface area (Å²) in [4.78, 5) is 12.5. The van der Waals surface area contributed by atoms with Gasteiger partial charge in [-0.25, -0.2) is 0 Å². The number of aryl methyl sites for hydroxylation is 1. The number of hydrogen-bond acceptors (Lipinski definition) is 1. The van der Waals surface area contributed by atoms with Gasteiger partial charge in [0.15, 0.2) is 0 Å². The summed E-state index contributed by atoms with van der Waals surface area (Å²) in [6, 6.07) is 8.53. The predicted octanol–water partition coefficient (Wildman–Crippen LogP) is 3.63. The normalized spacial score (nSPS) is 19.6. The molecule has 2 atom stereocenters. The Kier molecular flexibility index (Phi) is 5.26. The summed E-state index contributed by atoms with van der Waals surface area (Å²) < 4.78 is 0. The fourth-order valence-corrected chi connectivity index (χ4v) is 3.10. The molecule has 1 aliphatic carbocycles. The maximum Gasteiger partial charge on any atom is 0.227 e. The van der Waals surface area contributed by atoms with Crippen molar-refractivity contribution in [3.05, 3.63) is 35.4 Å². The number of alkyl halides is 1. The molecule has 0 bridgehead atoms. The highest BCUT2D eigenvalue weighted by Gasteiger charge is 2.27. The smallest absolute Gasteiger partial charge is 0.227 e. The third-order valence-electron chi connectivity index (χ3n) is 3.98. The molecule has 1 aliphatic rings. The van der Waals surface area contributed by atoms with Gasteiger partial charge in [-0.2, -0.15) is 0 Å². The van der Waals surface area contributed by atoms with Crippen molar-refractivity contribution in [2.75, 3.05) is 5.88 Å². The zero-order valence-corrected chi connectivity index (χ0v) is 12.2. The van der Waals surface area contributed by atoms with Gasteiger partial charge in [-0.3, -0.25) is 4.79 Å². The largest absolute Gasteiger partial charge is 0.353 e. The lowest BCUT2D eigenvalue weighted by Crippen LogP contribution is -2.39. The van der Waals surface area contributed by atoms with E-state index in [0.29, 0.717) is 5.88 Å². The second kappa shape index (κ2) is 6.95. The van der Waals surface area contributed by atoms with E-state index in [0.717, 1.165) is 32.1 Å². The van der Waals surface area contributed by atoms with Crippen LogP contribution in [0.2, 0.25) is 0 Å². The number of amides is 1. The van der Waals surface area contributed by atoms with Crippen molar-refractivity contribution in [2.45, 2.75) is 51.0 Å². The fourth-order valence-electron chi connectivity index (χ4n) is 2.84. The first-order valence-electron chi connectivity index (χ1n) is 7.20. The number of rotatable bonds is 5. The van der Waals surface area contributed by atoms with Gasteiger partial charge >= 0.3 is 0 Å². The van der Waals surface area contributed by atoms with Crippen LogP contribution in [-0.4, -0.2) is 17.8 Å². The van der Waals surface area contributed by atoms with Gasteiger partial charge in [0.05, 0.1) is 5.92 Å².